The molecule has 0 unspecified atom stereocenters. The molecule has 0 saturated carbocycles. The largest absolute Gasteiger partial charge is 0.479 e. The van der Waals surface area contributed by atoms with Gasteiger partial charge in [0, 0.05) is 6.07 Å². The standard InChI is InChI=1S/C12H14Cl2N2O4/c1-5(11(15)17)19-9-4-10(8(14)3-7(9)13)20-6(2)12(16)18/h3-6H,1-2H3,(H2,15,17)(H2,16,18)/t5-,6-/m1/s1. The lowest BCUT2D eigenvalue weighted by molar-refractivity contribution is -0.124. The van der Waals surface area contributed by atoms with Crippen LogP contribution in [-0.2, 0) is 9.59 Å². The number of carbonyl (C=O) groups is 2. The number of benzene rings is 1. The third-order valence-electron chi connectivity index (χ3n) is 2.40. The van der Waals surface area contributed by atoms with Gasteiger partial charge in [-0.1, -0.05) is 23.2 Å². The van der Waals surface area contributed by atoms with Crippen molar-refractivity contribution in [3.05, 3.63) is 22.2 Å². The lowest BCUT2D eigenvalue weighted by Crippen LogP contribution is -2.31. The number of carbonyl (C=O) groups excluding carboxylic acids is 2. The Morgan fingerprint density at radius 1 is 0.950 bits per heavy atom. The maximum Gasteiger partial charge on any atom is 0.258 e. The van der Waals surface area contributed by atoms with Gasteiger partial charge in [0.05, 0.1) is 10.0 Å². The van der Waals surface area contributed by atoms with Gasteiger partial charge in [-0.3, -0.25) is 9.59 Å². The van der Waals surface area contributed by atoms with E-state index in [1.807, 2.05) is 0 Å². The monoisotopic (exact) mass is 320 g/mol. The highest BCUT2D eigenvalue weighted by atomic mass is 35.5. The summed E-state index contributed by atoms with van der Waals surface area (Å²) in [4.78, 5) is 21.9. The molecule has 6 nitrogen and oxygen atoms in total. The molecule has 4 N–H and O–H groups in total. The van der Waals surface area contributed by atoms with Crippen LogP contribution in [-0.4, -0.2) is 24.0 Å². The smallest absolute Gasteiger partial charge is 0.258 e. The fraction of sp³-hybridized carbons (Fsp3) is 0.333. The van der Waals surface area contributed by atoms with Gasteiger partial charge in [-0.2, -0.15) is 0 Å². The van der Waals surface area contributed by atoms with E-state index in [0.29, 0.717) is 0 Å². The number of hydrogen-bond acceptors (Lipinski definition) is 4. The topological polar surface area (TPSA) is 105 Å². The number of ether oxygens (including phenoxy) is 2. The van der Waals surface area contributed by atoms with Crippen LogP contribution in [0.5, 0.6) is 11.5 Å². The third kappa shape index (κ3) is 4.18. The van der Waals surface area contributed by atoms with Crippen molar-refractivity contribution in [3.8, 4) is 11.5 Å². The van der Waals surface area contributed by atoms with E-state index in [0.717, 1.165) is 0 Å². The molecule has 0 aliphatic rings. The normalized spacial score (nSPS) is 13.4. The SMILES string of the molecule is C[C@@H](Oc1cc(O[C@H](C)C(N)=O)c(Cl)cc1Cl)C(N)=O. The lowest BCUT2D eigenvalue weighted by atomic mass is 10.3. The van der Waals surface area contributed by atoms with Gasteiger partial charge in [-0.15, -0.1) is 0 Å². The first-order valence-corrected chi connectivity index (χ1v) is 6.39. The van der Waals surface area contributed by atoms with Crippen LogP contribution >= 0.6 is 23.2 Å². The van der Waals surface area contributed by atoms with E-state index in [-0.39, 0.29) is 21.5 Å². The molecule has 20 heavy (non-hydrogen) atoms. The zero-order valence-corrected chi connectivity index (χ0v) is 12.4. The van der Waals surface area contributed by atoms with Crippen molar-refractivity contribution in [2.75, 3.05) is 0 Å². The van der Waals surface area contributed by atoms with Gasteiger partial charge < -0.3 is 20.9 Å². The molecule has 0 fully saturated rings. The number of amides is 2. The molecule has 0 radical (unpaired) electrons. The molecular formula is C12H14Cl2N2O4. The second-order valence-corrected chi connectivity index (χ2v) is 4.85. The van der Waals surface area contributed by atoms with Gasteiger partial charge in [-0.25, -0.2) is 0 Å². The molecule has 1 aromatic carbocycles. The van der Waals surface area contributed by atoms with Crippen molar-refractivity contribution < 1.29 is 19.1 Å². The molecule has 8 heteroatoms. The molecule has 0 aliphatic carbocycles. The molecule has 0 bridgehead atoms. The highest BCUT2D eigenvalue weighted by molar-refractivity contribution is 6.36. The molecule has 0 heterocycles. The first kappa shape index (κ1) is 16.4. The maximum absolute atomic E-state index is 11.0. The maximum atomic E-state index is 11.0. The summed E-state index contributed by atoms with van der Waals surface area (Å²) < 4.78 is 10.6. The fourth-order valence-electron chi connectivity index (χ4n) is 1.19. The summed E-state index contributed by atoms with van der Waals surface area (Å²) in [6, 6.07) is 2.73. The molecule has 2 amide bonds. The molecule has 1 aromatic rings. The molecule has 2 atom stereocenters. The van der Waals surface area contributed by atoms with Gasteiger partial charge in [0.25, 0.3) is 11.8 Å². The summed E-state index contributed by atoms with van der Waals surface area (Å²) in [6.45, 7) is 2.94. The summed E-state index contributed by atoms with van der Waals surface area (Å²) in [5, 5.41) is 0.365. The quantitative estimate of drug-likeness (QED) is 0.828. The number of halogens is 2. The van der Waals surface area contributed by atoms with Crippen LogP contribution in [0.25, 0.3) is 0 Å². The van der Waals surface area contributed by atoms with E-state index < -0.39 is 24.0 Å². The zero-order chi connectivity index (χ0) is 15.4. The molecule has 0 spiro atoms. The van der Waals surface area contributed by atoms with Crippen LogP contribution in [0.3, 0.4) is 0 Å². The predicted molar refractivity (Wildman–Crippen MR) is 75.0 cm³/mol. The highest BCUT2D eigenvalue weighted by Crippen LogP contribution is 2.36. The predicted octanol–water partition coefficient (Wildman–Crippen LogP) is 1.50. The summed E-state index contributed by atoms with van der Waals surface area (Å²) in [5.41, 5.74) is 10.2. The first-order valence-electron chi connectivity index (χ1n) is 5.63. The van der Waals surface area contributed by atoms with E-state index in [1.54, 1.807) is 0 Å². The highest BCUT2D eigenvalue weighted by Gasteiger charge is 2.18. The van der Waals surface area contributed by atoms with Crippen LogP contribution in [0.1, 0.15) is 13.8 Å². The molecule has 1 rings (SSSR count). The second kappa shape index (κ2) is 6.67. The van der Waals surface area contributed by atoms with Crippen LogP contribution in [0.2, 0.25) is 10.0 Å². The Morgan fingerprint density at radius 3 is 1.60 bits per heavy atom. The number of nitrogens with two attached hydrogens (primary N) is 2. The van der Waals surface area contributed by atoms with Crippen molar-refractivity contribution in [2.24, 2.45) is 11.5 Å². The van der Waals surface area contributed by atoms with Crippen molar-refractivity contribution in [2.45, 2.75) is 26.1 Å². The van der Waals surface area contributed by atoms with Crippen molar-refractivity contribution in [1.29, 1.82) is 0 Å². The first-order chi connectivity index (χ1) is 9.22. The van der Waals surface area contributed by atoms with Crippen LogP contribution in [0.15, 0.2) is 12.1 Å². The summed E-state index contributed by atoms with van der Waals surface area (Å²) in [6.07, 6.45) is -1.76. The van der Waals surface area contributed by atoms with Gasteiger partial charge in [0.2, 0.25) is 0 Å². The van der Waals surface area contributed by atoms with Gasteiger partial charge in [0.1, 0.15) is 11.5 Å². The Morgan fingerprint density at radius 2 is 1.30 bits per heavy atom. The molecule has 110 valence electrons. The van der Waals surface area contributed by atoms with Gasteiger partial charge in [0.15, 0.2) is 12.2 Å². The number of primary amides is 2. The van der Waals surface area contributed by atoms with E-state index in [1.165, 1.54) is 26.0 Å². The Labute approximate surface area is 125 Å². The van der Waals surface area contributed by atoms with E-state index in [2.05, 4.69) is 0 Å². The summed E-state index contributed by atoms with van der Waals surface area (Å²) in [5.74, 6) is -0.976. The van der Waals surface area contributed by atoms with E-state index >= 15 is 0 Å². The van der Waals surface area contributed by atoms with Crippen molar-refractivity contribution in [3.63, 3.8) is 0 Å². The van der Waals surface area contributed by atoms with Gasteiger partial charge in [-0.05, 0) is 19.9 Å². The average molecular weight is 321 g/mol. The number of hydrogen-bond donors (Lipinski definition) is 2. The van der Waals surface area contributed by atoms with E-state index in [9.17, 15) is 9.59 Å². The van der Waals surface area contributed by atoms with Crippen LogP contribution in [0, 0.1) is 0 Å². The molecule has 0 aromatic heterocycles. The Kier molecular flexibility index (Phi) is 5.47. The van der Waals surface area contributed by atoms with Crippen molar-refractivity contribution >= 4 is 35.0 Å². The lowest BCUT2D eigenvalue weighted by Gasteiger charge is -2.17. The summed E-state index contributed by atoms with van der Waals surface area (Å²) in [7, 11) is 0. The minimum atomic E-state index is -0.880. The minimum Gasteiger partial charge on any atom is -0.479 e. The average Bonchev–Trinajstić information content (AvgIpc) is 2.34. The molecular weight excluding hydrogens is 307 g/mol. The Hall–Kier alpha value is -1.66. The molecule has 0 aliphatic heterocycles. The second-order valence-electron chi connectivity index (χ2n) is 4.04. The Balaban J connectivity index is 3.03. The number of rotatable bonds is 6. The third-order valence-corrected chi connectivity index (χ3v) is 2.99. The Bertz CT molecular complexity index is 493. The fourth-order valence-corrected chi connectivity index (χ4v) is 1.66. The summed E-state index contributed by atoms with van der Waals surface area (Å²) >= 11 is 11.9. The minimum absolute atomic E-state index is 0.161. The van der Waals surface area contributed by atoms with Gasteiger partial charge >= 0.3 is 0 Å². The zero-order valence-electron chi connectivity index (χ0n) is 10.9. The van der Waals surface area contributed by atoms with Crippen LogP contribution < -0.4 is 20.9 Å². The van der Waals surface area contributed by atoms with E-state index in [4.69, 9.17) is 44.1 Å². The molecule has 0 saturated heterocycles. The van der Waals surface area contributed by atoms with Crippen LogP contribution in [0.4, 0.5) is 0 Å². The van der Waals surface area contributed by atoms with Crippen molar-refractivity contribution in [1.82, 2.24) is 0 Å².